The van der Waals surface area contributed by atoms with Gasteiger partial charge in [0.2, 0.25) is 5.95 Å². The largest absolute Gasteiger partial charge is 0.344 e. The lowest BCUT2D eigenvalue weighted by atomic mass is 10.1. The lowest BCUT2D eigenvalue weighted by Crippen LogP contribution is -2.28. The van der Waals surface area contributed by atoms with Crippen molar-refractivity contribution in [1.82, 2.24) is 14.9 Å². The Morgan fingerprint density at radius 3 is 2.89 bits per heavy atom. The van der Waals surface area contributed by atoms with Crippen LogP contribution in [0, 0.1) is 12.8 Å². The van der Waals surface area contributed by atoms with Gasteiger partial charge in [-0.2, -0.15) is 0 Å². The van der Waals surface area contributed by atoms with Crippen LogP contribution in [0.4, 0.5) is 5.95 Å². The van der Waals surface area contributed by atoms with Crippen molar-refractivity contribution in [3.05, 3.63) is 17.5 Å². The van der Waals surface area contributed by atoms with E-state index in [4.69, 9.17) is 11.6 Å². The predicted octanol–water partition coefficient (Wildman–Crippen LogP) is 1.91. The minimum absolute atomic E-state index is 0.475. The molecule has 0 aromatic carbocycles. The van der Waals surface area contributed by atoms with E-state index in [9.17, 15) is 0 Å². The predicted molar refractivity (Wildman–Crippen MR) is 75.2 cm³/mol. The summed E-state index contributed by atoms with van der Waals surface area (Å²) in [6.45, 7) is 5.37. The summed E-state index contributed by atoms with van der Waals surface area (Å²) in [6, 6.07) is 0. The smallest absolute Gasteiger partial charge is 0.225 e. The monoisotopic (exact) mass is 268 g/mol. The molecule has 0 radical (unpaired) electrons. The lowest BCUT2D eigenvalue weighted by molar-refractivity contribution is 0.395. The molecule has 1 aromatic rings. The summed E-state index contributed by atoms with van der Waals surface area (Å²) in [5.74, 6) is 2.00. The van der Waals surface area contributed by atoms with E-state index in [2.05, 4.69) is 33.9 Å². The summed E-state index contributed by atoms with van der Waals surface area (Å²) < 4.78 is 0. The Hall–Kier alpha value is -0.870. The summed E-state index contributed by atoms with van der Waals surface area (Å²) in [5, 5.41) is 0. The molecule has 4 nitrogen and oxygen atoms in total. The highest BCUT2D eigenvalue weighted by Gasteiger charge is 2.21. The molecule has 1 aliphatic heterocycles. The van der Waals surface area contributed by atoms with Crippen LogP contribution in [-0.4, -0.2) is 48.6 Å². The molecule has 1 aromatic heterocycles. The molecule has 2 rings (SSSR count). The minimum Gasteiger partial charge on any atom is -0.344 e. The van der Waals surface area contributed by atoms with Crippen molar-refractivity contribution in [2.45, 2.75) is 19.2 Å². The SMILES string of the molecule is Cc1nc(N(C)CC2CCN(C)C2)ncc1CCl. The van der Waals surface area contributed by atoms with Crippen molar-refractivity contribution < 1.29 is 0 Å². The minimum atomic E-state index is 0.475. The molecule has 0 saturated carbocycles. The first-order valence-corrected chi connectivity index (χ1v) is 6.91. The molecule has 100 valence electrons. The molecule has 1 aliphatic rings. The first-order chi connectivity index (χ1) is 8.60. The number of nitrogens with zero attached hydrogens (tertiary/aromatic N) is 4. The second-order valence-corrected chi connectivity index (χ2v) is 5.48. The number of hydrogen-bond acceptors (Lipinski definition) is 4. The van der Waals surface area contributed by atoms with Gasteiger partial charge in [0, 0.05) is 37.6 Å². The molecule has 1 atom stereocenters. The number of rotatable bonds is 4. The number of halogens is 1. The van der Waals surface area contributed by atoms with Crippen LogP contribution < -0.4 is 4.90 Å². The van der Waals surface area contributed by atoms with E-state index in [-0.39, 0.29) is 0 Å². The van der Waals surface area contributed by atoms with E-state index in [1.807, 2.05) is 13.1 Å². The van der Waals surface area contributed by atoms with Crippen LogP contribution in [0.2, 0.25) is 0 Å². The molecule has 0 N–H and O–H groups in total. The van der Waals surface area contributed by atoms with Gasteiger partial charge in [0.05, 0.1) is 5.88 Å². The average Bonchev–Trinajstić information content (AvgIpc) is 2.74. The first-order valence-electron chi connectivity index (χ1n) is 6.38. The fraction of sp³-hybridized carbons (Fsp3) is 0.692. The summed E-state index contributed by atoms with van der Waals surface area (Å²) in [6.07, 6.45) is 3.10. The van der Waals surface area contributed by atoms with E-state index in [0.29, 0.717) is 5.88 Å². The van der Waals surface area contributed by atoms with Crippen molar-refractivity contribution in [2.75, 3.05) is 38.6 Å². The van der Waals surface area contributed by atoms with Crippen molar-refractivity contribution in [2.24, 2.45) is 5.92 Å². The van der Waals surface area contributed by atoms with Crippen molar-refractivity contribution in [3.63, 3.8) is 0 Å². The number of aryl methyl sites for hydroxylation is 1. The molecule has 0 aliphatic carbocycles. The quantitative estimate of drug-likeness (QED) is 0.781. The third-order valence-electron chi connectivity index (χ3n) is 3.57. The molecule has 2 heterocycles. The van der Waals surface area contributed by atoms with Crippen molar-refractivity contribution in [3.8, 4) is 0 Å². The Labute approximate surface area is 114 Å². The Balaban J connectivity index is 2.00. The van der Waals surface area contributed by atoms with Gasteiger partial charge in [-0.25, -0.2) is 9.97 Å². The molecule has 5 heteroatoms. The molecule has 0 bridgehead atoms. The fourth-order valence-electron chi connectivity index (χ4n) is 2.44. The van der Waals surface area contributed by atoms with Gasteiger partial charge in [0.15, 0.2) is 0 Å². The summed E-state index contributed by atoms with van der Waals surface area (Å²) in [5.41, 5.74) is 1.99. The van der Waals surface area contributed by atoms with Gasteiger partial charge in [-0.1, -0.05) is 0 Å². The molecular formula is C13H21ClN4. The summed E-state index contributed by atoms with van der Waals surface area (Å²) in [4.78, 5) is 13.4. The van der Waals surface area contributed by atoms with Crippen LogP contribution in [0.25, 0.3) is 0 Å². The number of hydrogen-bond donors (Lipinski definition) is 0. The maximum atomic E-state index is 5.82. The van der Waals surface area contributed by atoms with Crippen LogP contribution in [0.1, 0.15) is 17.7 Å². The molecule has 1 saturated heterocycles. The highest BCUT2D eigenvalue weighted by atomic mass is 35.5. The fourth-order valence-corrected chi connectivity index (χ4v) is 2.70. The maximum Gasteiger partial charge on any atom is 0.225 e. The number of aromatic nitrogens is 2. The van der Waals surface area contributed by atoms with Crippen LogP contribution in [0.15, 0.2) is 6.20 Å². The number of anilines is 1. The average molecular weight is 269 g/mol. The topological polar surface area (TPSA) is 32.3 Å². The Kier molecular flexibility index (Phi) is 4.40. The normalized spacial score (nSPS) is 20.3. The second-order valence-electron chi connectivity index (χ2n) is 5.21. The van der Waals surface area contributed by atoms with Gasteiger partial charge < -0.3 is 9.80 Å². The van der Waals surface area contributed by atoms with Gasteiger partial charge in [0.25, 0.3) is 0 Å². The second kappa shape index (κ2) is 5.85. The molecule has 1 unspecified atom stereocenters. The molecule has 1 fully saturated rings. The van der Waals surface area contributed by atoms with Gasteiger partial charge in [-0.3, -0.25) is 0 Å². The van der Waals surface area contributed by atoms with Crippen molar-refractivity contribution in [1.29, 1.82) is 0 Å². The Morgan fingerprint density at radius 1 is 1.56 bits per heavy atom. The molecular weight excluding hydrogens is 248 g/mol. The highest BCUT2D eigenvalue weighted by Crippen LogP contribution is 2.18. The van der Waals surface area contributed by atoms with Crippen LogP contribution in [0.3, 0.4) is 0 Å². The molecule has 0 spiro atoms. The standard InChI is InChI=1S/C13H21ClN4/c1-10-12(6-14)7-15-13(16-10)18(3)9-11-4-5-17(2)8-11/h7,11H,4-6,8-9H2,1-3H3. The van der Waals surface area contributed by atoms with Crippen LogP contribution in [0.5, 0.6) is 0 Å². The Morgan fingerprint density at radius 2 is 2.33 bits per heavy atom. The molecule has 0 amide bonds. The zero-order valence-electron chi connectivity index (χ0n) is 11.4. The van der Waals surface area contributed by atoms with Gasteiger partial charge in [-0.05, 0) is 32.9 Å². The zero-order valence-corrected chi connectivity index (χ0v) is 12.1. The van der Waals surface area contributed by atoms with Crippen LogP contribution in [-0.2, 0) is 5.88 Å². The summed E-state index contributed by atoms with van der Waals surface area (Å²) in [7, 11) is 4.24. The third-order valence-corrected chi connectivity index (χ3v) is 3.86. The van der Waals surface area contributed by atoms with E-state index in [1.54, 1.807) is 0 Å². The highest BCUT2D eigenvalue weighted by molar-refractivity contribution is 6.17. The number of likely N-dealkylation sites (tertiary alicyclic amines) is 1. The summed E-state index contributed by atoms with van der Waals surface area (Å²) >= 11 is 5.82. The van der Waals surface area contributed by atoms with E-state index in [1.165, 1.54) is 19.5 Å². The van der Waals surface area contributed by atoms with E-state index in [0.717, 1.165) is 29.7 Å². The van der Waals surface area contributed by atoms with E-state index < -0.39 is 0 Å². The third kappa shape index (κ3) is 3.12. The van der Waals surface area contributed by atoms with Gasteiger partial charge in [-0.15, -0.1) is 11.6 Å². The molecule has 18 heavy (non-hydrogen) atoms. The van der Waals surface area contributed by atoms with Crippen molar-refractivity contribution >= 4 is 17.5 Å². The number of alkyl halides is 1. The van der Waals surface area contributed by atoms with Gasteiger partial charge in [0.1, 0.15) is 0 Å². The first kappa shape index (κ1) is 13.6. The maximum absolute atomic E-state index is 5.82. The van der Waals surface area contributed by atoms with Gasteiger partial charge >= 0.3 is 0 Å². The van der Waals surface area contributed by atoms with E-state index >= 15 is 0 Å². The zero-order chi connectivity index (χ0) is 13.1. The Bertz CT molecular complexity index is 410. The lowest BCUT2D eigenvalue weighted by Gasteiger charge is -2.21. The van der Waals surface area contributed by atoms with Crippen LogP contribution >= 0.6 is 11.6 Å².